The Bertz CT molecular complexity index is 416. The number of ether oxygens (including phenoxy) is 3. The third-order valence-corrected chi connectivity index (χ3v) is 2.14. The first-order chi connectivity index (χ1) is 8.68. The molecule has 106 valence electrons. The fourth-order valence-corrected chi connectivity index (χ4v) is 1.38. The van der Waals surface area contributed by atoms with E-state index in [0.717, 1.165) is 0 Å². The van der Waals surface area contributed by atoms with Gasteiger partial charge in [0.15, 0.2) is 11.5 Å². The van der Waals surface area contributed by atoms with Crippen LogP contribution in [0.4, 0.5) is 26.3 Å². The van der Waals surface area contributed by atoms with E-state index in [1.54, 1.807) is 0 Å². The van der Waals surface area contributed by atoms with E-state index >= 15 is 0 Å². The van der Waals surface area contributed by atoms with E-state index in [9.17, 15) is 26.3 Å². The van der Waals surface area contributed by atoms with Gasteiger partial charge < -0.3 is 9.47 Å². The van der Waals surface area contributed by atoms with E-state index in [0.29, 0.717) is 0 Å². The van der Waals surface area contributed by atoms with Crippen molar-refractivity contribution in [1.29, 1.82) is 0 Å². The summed E-state index contributed by atoms with van der Waals surface area (Å²) < 4.78 is 86.6. The number of para-hydroxylation sites is 2. The summed E-state index contributed by atoms with van der Waals surface area (Å²) in [4.78, 5) is 0. The Kier molecular flexibility index (Phi) is 3.25. The van der Waals surface area contributed by atoms with Crippen LogP contribution in [0.3, 0.4) is 0 Å². The second-order valence-electron chi connectivity index (χ2n) is 3.57. The average Bonchev–Trinajstić information content (AvgIpc) is 2.65. The van der Waals surface area contributed by atoms with Crippen LogP contribution >= 0.6 is 0 Å². The number of halogens is 6. The van der Waals surface area contributed by atoms with Crippen LogP contribution in [-0.2, 0) is 4.74 Å². The zero-order valence-corrected chi connectivity index (χ0v) is 8.96. The van der Waals surface area contributed by atoms with E-state index in [2.05, 4.69) is 14.2 Å². The lowest BCUT2D eigenvalue weighted by Crippen LogP contribution is -2.47. The van der Waals surface area contributed by atoms with E-state index in [-0.39, 0.29) is 11.5 Å². The number of hydrogen-bond acceptors (Lipinski definition) is 3. The second-order valence-corrected chi connectivity index (χ2v) is 3.57. The standard InChI is InChI=1S/C10H6F6O3/c11-9(12,13)7(10(14,15)16)19-8-17-5-3-1-2-4-6(5)18-8/h1-4,7-8H. The van der Waals surface area contributed by atoms with E-state index < -0.39 is 24.9 Å². The zero-order valence-electron chi connectivity index (χ0n) is 8.96. The molecular weight excluding hydrogens is 282 g/mol. The van der Waals surface area contributed by atoms with Gasteiger partial charge in [-0.3, -0.25) is 4.74 Å². The van der Waals surface area contributed by atoms with Gasteiger partial charge in [0.2, 0.25) is 0 Å². The number of hydrogen-bond donors (Lipinski definition) is 0. The Morgan fingerprint density at radius 2 is 1.32 bits per heavy atom. The minimum absolute atomic E-state index is 0.00981. The highest BCUT2D eigenvalue weighted by atomic mass is 19.4. The summed E-state index contributed by atoms with van der Waals surface area (Å²) in [5.41, 5.74) is 0. The van der Waals surface area contributed by atoms with Crippen LogP contribution in [0.1, 0.15) is 0 Å². The highest BCUT2D eigenvalue weighted by Crippen LogP contribution is 2.40. The maximum atomic E-state index is 12.2. The van der Waals surface area contributed by atoms with Gasteiger partial charge in [-0.15, -0.1) is 0 Å². The first-order valence-electron chi connectivity index (χ1n) is 4.89. The molecule has 1 aromatic carbocycles. The number of benzene rings is 1. The van der Waals surface area contributed by atoms with Gasteiger partial charge in [-0.25, -0.2) is 0 Å². The lowest BCUT2D eigenvalue weighted by atomic mass is 10.3. The minimum Gasteiger partial charge on any atom is -0.428 e. The molecule has 3 nitrogen and oxygen atoms in total. The molecule has 0 bridgehead atoms. The van der Waals surface area contributed by atoms with E-state index in [1.807, 2.05) is 0 Å². The van der Waals surface area contributed by atoms with Gasteiger partial charge >= 0.3 is 18.8 Å². The molecular formula is C10H6F6O3. The van der Waals surface area contributed by atoms with Crippen molar-refractivity contribution in [3.05, 3.63) is 24.3 Å². The normalized spacial score (nSPS) is 16.2. The van der Waals surface area contributed by atoms with Crippen LogP contribution in [0, 0.1) is 0 Å². The van der Waals surface area contributed by atoms with Crippen molar-refractivity contribution in [2.24, 2.45) is 0 Å². The van der Waals surface area contributed by atoms with Crippen molar-refractivity contribution < 1.29 is 40.6 Å². The Morgan fingerprint density at radius 1 is 0.895 bits per heavy atom. The number of rotatable bonds is 2. The van der Waals surface area contributed by atoms with Crippen molar-refractivity contribution >= 4 is 0 Å². The van der Waals surface area contributed by atoms with Crippen molar-refractivity contribution in [3.8, 4) is 11.5 Å². The molecule has 2 rings (SSSR count). The zero-order chi connectivity index (χ0) is 14.3. The highest BCUT2D eigenvalue weighted by molar-refractivity contribution is 5.41. The molecule has 0 saturated heterocycles. The molecule has 0 saturated carbocycles. The van der Waals surface area contributed by atoms with E-state index in [4.69, 9.17) is 0 Å². The van der Waals surface area contributed by atoms with Gasteiger partial charge in [-0.1, -0.05) is 12.1 Å². The van der Waals surface area contributed by atoms with Gasteiger partial charge in [0.1, 0.15) is 0 Å². The highest BCUT2D eigenvalue weighted by Gasteiger charge is 2.59. The van der Waals surface area contributed by atoms with Crippen LogP contribution in [-0.4, -0.2) is 24.9 Å². The predicted molar refractivity (Wildman–Crippen MR) is 48.5 cm³/mol. The number of alkyl halides is 6. The smallest absolute Gasteiger partial charge is 0.423 e. The Morgan fingerprint density at radius 3 is 1.68 bits per heavy atom. The third-order valence-electron chi connectivity index (χ3n) is 2.14. The van der Waals surface area contributed by atoms with Gasteiger partial charge in [0.05, 0.1) is 0 Å². The molecule has 1 aliphatic rings. The molecule has 19 heavy (non-hydrogen) atoms. The third kappa shape index (κ3) is 3.03. The van der Waals surface area contributed by atoms with Crippen molar-refractivity contribution in [3.63, 3.8) is 0 Å². The molecule has 0 fully saturated rings. The molecule has 1 aliphatic heterocycles. The first kappa shape index (κ1) is 13.8. The van der Waals surface area contributed by atoms with Crippen molar-refractivity contribution in [1.82, 2.24) is 0 Å². The number of fused-ring (bicyclic) bond motifs is 1. The summed E-state index contributed by atoms with van der Waals surface area (Å²) in [6.07, 6.45) is -15.2. The van der Waals surface area contributed by atoms with Crippen molar-refractivity contribution in [2.45, 2.75) is 24.9 Å². The lowest BCUT2D eigenvalue weighted by Gasteiger charge is -2.24. The second kappa shape index (κ2) is 4.48. The maximum Gasteiger partial charge on any atom is 0.423 e. The van der Waals surface area contributed by atoms with Crippen LogP contribution in [0.25, 0.3) is 0 Å². The molecule has 1 aromatic rings. The fourth-order valence-electron chi connectivity index (χ4n) is 1.38. The quantitative estimate of drug-likeness (QED) is 0.782. The molecule has 0 N–H and O–H groups in total. The topological polar surface area (TPSA) is 27.7 Å². The monoisotopic (exact) mass is 288 g/mol. The molecule has 0 atom stereocenters. The SMILES string of the molecule is FC(F)(F)C(OC1Oc2ccccc2O1)C(F)(F)F. The van der Waals surface area contributed by atoms with E-state index in [1.165, 1.54) is 24.3 Å². The van der Waals surface area contributed by atoms with Gasteiger partial charge in [0, 0.05) is 0 Å². The van der Waals surface area contributed by atoms with Gasteiger partial charge in [-0.05, 0) is 12.1 Å². The Balaban J connectivity index is 2.09. The van der Waals surface area contributed by atoms with Gasteiger partial charge in [-0.2, -0.15) is 26.3 Å². The van der Waals surface area contributed by atoms with Crippen LogP contribution < -0.4 is 9.47 Å². The minimum atomic E-state index is -5.61. The summed E-state index contributed by atoms with van der Waals surface area (Å²) in [7, 11) is 0. The summed E-state index contributed by atoms with van der Waals surface area (Å²) in [5, 5.41) is 0. The first-order valence-corrected chi connectivity index (χ1v) is 4.89. The predicted octanol–water partition coefficient (Wildman–Crippen LogP) is 3.25. The summed E-state index contributed by atoms with van der Waals surface area (Å²) in [5.74, 6) is 0.0196. The molecule has 9 heteroatoms. The van der Waals surface area contributed by atoms with Crippen LogP contribution in [0.5, 0.6) is 11.5 Å². The van der Waals surface area contributed by atoms with Gasteiger partial charge in [0.25, 0.3) is 6.10 Å². The summed E-state index contributed by atoms with van der Waals surface area (Å²) in [6, 6.07) is 5.62. The molecule has 0 spiro atoms. The maximum absolute atomic E-state index is 12.2. The molecule has 1 heterocycles. The van der Waals surface area contributed by atoms with Crippen LogP contribution in [0.15, 0.2) is 24.3 Å². The molecule has 0 aromatic heterocycles. The largest absolute Gasteiger partial charge is 0.428 e. The Labute approximate surface area is 102 Å². The fraction of sp³-hybridized carbons (Fsp3) is 0.400. The molecule has 0 unspecified atom stereocenters. The molecule has 0 radical (unpaired) electrons. The molecule has 0 aliphatic carbocycles. The Hall–Kier alpha value is -1.64. The summed E-state index contributed by atoms with van der Waals surface area (Å²) >= 11 is 0. The molecule has 0 amide bonds. The summed E-state index contributed by atoms with van der Waals surface area (Å²) in [6.45, 7) is -2.09. The van der Waals surface area contributed by atoms with Crippen LogP contribution in [0.2, 0.25) is 0 Å². The van der Waals surface area contributed by atoms with Crippen molar-refractivity contribution in [2.75, 3.05) is 0 Å². The lowest BCUT2D eigenvalue weighted by molar-refractivity contribution is -0.364. The average molecular weight is 288 g/mol.